The summed E-state index contributed by atoms with van der Waals surface area (Å²) in [5.74, 6) is -1.06. The summed E-state index contributed by atoms with van der Waals surface area (Å²) in [6, 6.07) is 3.76. The van der Waals surface area contributed by atoms with E-state index in [0.29, 0.717) is 0 Å². The third-order valence-electron chi connectivity index (χ3n) is 3.62. The van der Waals surface area contributed by atoms with Gasteiger partial charge in [0.2, 0.25) is 15.9 Å². The molecule has 1 aromatic carbocycles. The first-order valence-electron chi connectivity index (χ1n) is 7.22. The largest absolute Gasteiger partial charge is 0.442 e. The Kier molecular flexibility index (Phi) is 5.78. The molecule has 1 saturated heterocycles. The fourth-order valence-electron chi connectivity index (χ4n) is 2.22. The van der Waals surface area contributed by atoms with E-state index in [1.807, 2.05) is 0 Å². The van der Waals surface area contributed by atoms with Gasteiger partial charge in [0.1, 0.15) is 11.9 Å². The molecule has 1 atom stereocenters. The third-order valence-corrected chi connectivity index (χ3v) is 5.10. The zero-order valence-corrected chi connectivity index (χ0v) is 15.3. The van der Waals surface area contributed by atoms with Gasteiger partial charge in [-0.2, -0.15) is 12.6 Å². The van der Waals surface area contributed by atoms with Gasteiger partial charge >= 0.3 is 6.09 Å². The van der Waals surface area contributed by atoms with Crippen LogP contribution in [0.15, 0.2) is 18.2 Å². The zero-order chi connectivity index (χ0) is 18.8. The zero-order valence-electron chi connectivity index (χ0n) is 13.6. The van der Waals surface area contributed by atoms with Gasteiger partial charge in [-0.15, -0.1) is 0 Å². The van der Waals surface area contributed by atoms with Crippen LogP contribution in [0.4, 0.5) is 20.6 Å². The molecule has 25 heavy (non-hydrogen) atoms. The molecule has 1 heterocycles. The number of anilines is 2. The number of nitrogens with zero attached hydrogens (tertiary/aromatic N) is 2. The first-order chi connectivity index (χ1) is 11.6. The van der Waals surface area contributed by atoms with Gasteiger partial charge in [-0.05, 0) is 18.2 Å². The Morgan fingerprint density at radius 2 is 2.20 bits per heavy atom. The van der Waals surface area contributed by atoms with Crippen LogP contribution in [0, 0.1) is 5.82 Å². The fourth-order valence-corrected chi connectivity index (χ4v) is 2.84. The second kappa shape index (κ2) is 7.48. The van der Waals surface area contributed by atoms with E-state index < -0.39 is 28.0 Å². The molecule has 0 bridgehead atoms. The van der Waals surface area contributed by atoms with Gasteiger partial charge < -0.3 is 10.1 Å². The van der Waals surface area contributed by atoms with Crippen LogP contribution in [0.2, 0.25) is 0 Å². The quantitative estimate of drug-likeness (QED) is 0.692. The maximum Gasteiger partial charge on any atom is 0.414 e. The minimum atomic E-state index is -3.61. The predicted octanol–water partition coefficient (Wildman–Crippen LogP) is 0.593. The number of carbonyl (C=O) groups excluding carboxylic acids is 2. The van der Waals surface area contributed by atoms with Crippen molar-refractivity contribution in [2.45, 2.75) is 6.10 Å². The SMILES string of the molecule is CN(c1ccc(N2C[C@H](CNC(=O)CS)OC2=O)cc1F)S(C)(=O)=O. The number of rotatable bonds is 6. The third kappa shape index (κ3) is 4.54. The summed E-state index contributed by atoms with van der Waals surface area (Å²) in [5.41, 5.74) is 0.104. The molecule has 138 valence electrons. The standard InChI is InChI=1S/C14H18FN3O5S2/c1-17(25(2,21)22)12-4-3-9(5-11(12)15)18-7-10(23-14(18)20)6-16-13(19)8-24/h3-5,10,24H,6-8H2,1-2H3,(H,16,19)/t10-/m0/s1. The van der Waals surface area contributed by atoms with E-state index in [9.17, 15) is 22.4 Å². The Morgan fingerprint density at radius 3 is 2.76 bits per heavy atom. The van der Waals surface area contributed by atoms with Crippen LogP contribution in [-0.2, 0) is 19.6 Å². The van der Waals surface area contributed by atoms with Gasteiger partial charge in [0.05, 0.1) is 36.5 Å². The molecule has 11 heteroatoms. The molecule has 1 fully saturated rings. The normalized spacial score (nSPS) is 17.4. The summed E-state index contributed by atoms with van der Waals surface area (Å²) in [7, 11) is -2.37. The van der Waals surface area contributed by atoms with Crippen molar-refractivity contribution in [1.82, 2.24) is 5.32 Å². The van der Waals surface area contributed by atoms with Crippen LogP contribution >= 0.6 is 12.6 Å². The van der Waals surface area contributed by atoms with Crippen LogP contribution in [0.3, 0.4) is 0 Å². The van der Waals surface area contributed by atoms with E-state index in [4.69, 9.17) is 4.74 Å². The number of ether oxygens (including phenoxy) is 1. The molecule has 1 aliphatic rings. The lowest BCUT2D eigenvalue weighted by atomic mass is 10.2. The van der Waals surface area contributed by atoms with Gasteiger partial charge in [0.25, 0.3) is 0 Å². The van der Waals surface area contributed by atoms with E-state index in [1.165, 1.54) is 24.1 Å². The molecule has 0 spiro atoms. The van der Waals surface area contributed by atoms with Crippen molar-refractivity contribution in [1.29, 1.82) is 0 Å². The van der Waals surface area contributed by atoms with Crippen LogP contribution in [0.25, 0.3) is 0 Å². The Labute approximate surface area is 150 Å². The number of hydrogen-bond acceptors (Lipinski definition) is 6. The molecule has 0 radical (unpaired) electrons. The highest BCUT2D eigenvalue weighted by atomic mass is 32.2. The molecule has 8 nitrogen and oxygen atoms in total. The van der Waals surface area contributed by atoms with Crippen LogP contribution in [0.1, 0.15) is 0 Å². The maximum atomic E-state index is 14.3. The van der Waals surface area contributed by atoms with Crippen molar-refractivity contribution in [3.05, 3.63) is 24.0 Å². The molecule has 1 aliphatic heterocycles. The number of sulfonamides is 1. The van der Waals surface area contributed by atoms with Crippen molar-refractivity contribution in [2.24, 2.45) is 0 Å². The second-order valence-electron chi connectivity index (χ2n) is 5.44. The molecule has 2 amide bonds. The molecule has 0 aliphatic carbocycles. The van der Waals surface area contributed by atoms with E-state index in [2.05, 4.69) is 17.9 Å². The highest BCUT2D eigenvalue weighted by Gasteiger charge is 2.33. The monoisotopic (exact) mass is 391 g/mol. The van der Waals surface area contributed by atoms with Gasteiger partial charge in [-0.1, -0.05) is 0 Å². The molecular weight excluding hydrogens is 373 g/mol. The van der Waals surface area contributed by atoms with Crippen LogP contribution < -0.4 is 14.5 Å². The van der Waals surface area contributed by atoms with Crippen molar-refractivity contribution < 1.29 is 27.1 Å². The highest BCUT2D eigenvalue weighted by molar-refractivity contribution is 7.92. The minimum absolute atomic E-state index is 0.0188. The number of benzene rings is 1. The van der Waals surface area contributed by atoms with Crippen molar-refractivity contribution in [3.63, 3.8) is 0 Å². The van der Waals surface area contributed by atoms with Gasteiger partial charge in [0.15, 0.2) is 0 Å². The number of hydrogen-bond donors (Lipinski definition) is 2. The van der Waals surface area contributed by atoms with E-state index in [1.54, 1.807) is 0 Å². The molecule has 0 unspecified atom stereocenters. The van der Waals surface area contributed by atoms with Gasteiger partial charge in [-0.25, -0.2) is 17.6 Å². The number of amides is 2. The molecule has 0 aromatic heterocycles. The number of cyclic esters (lactones) is 1. The smallest absolute Gasteiger partial charge is 0.414 e. The molecule has 2 rings (SSSR count). The molecule has 1 aromatic rings. The maximum absolute atomic E-state index is 14.3. The van der Waals surface area contributed by atoms with E-state index in [-0.39, 0.29) is 36.1 Å². The molecule has 0 saturated carbocycles. The summed E-state index contributed by atoms with van der Waals surface area (Å²) >= 11 is 3.82. The molecule has 1 N–H and O–H groups in total. The summed E-state index contributed by atoms with van der Waals surface area (Å²) in [4.78, 5) is 24.3. The molecular formula is C14H18FN3O5S2. The van der Waals surface area contributed by atoms with Crippen molar-refractivity contribution in [3.8, 4) is 0 Å². The first kappa shape index (κ1) is 19.3. The average molecular weight is 391 g/mol. The lowest BCUT2D eigenvalue weighted by molar-refractivity contribution is -0.118. The Hall–Kier alpha value is -2.01. The Morgan fingerprint density at radius 1 is 1.52 bits per heavy atom. The summed E-state index contributed by atoms with van der Waals surface area (Å²) in [5, 5.41) is 2.55. The lowest BCUT2D eigenvalue weighted by Gasteiger charge is -2.19. The summed E-state index contributed by atoms with van der Waals surface area (Å²) in [6.07, 6.45) is -0.284. The van der Waals surface area contributed by atoms with E-state index in [0.717, 1.165) is 16.6 Å². The topological polar surface area (TPSA) is 96.0 Å². The van der Waals surface area contributed by atoms with Crippen LogP contribution in [0.5, 0.6) is 0 Å². The predicted molar refractivity (Wildman–Crippen MR) is 94.1 cm³/mol. The van der Waals surface area contributed by atoms with Crippen molar-refractivity contribution >= 4 is 46.0 Å². The Bertz CT molecular complexity index is 787. The number of nitrogens with one attached hydrogen (secondary N) is 1. The second-order valence-corrected chi connectivity index (χ2v) is 7.77. The summed E-state index contributed by atoms with van der Waals surface area (Å²) in [6.45, 7) is 0.255. The highest BCUT2D eigenvalue weighted by Crippen LogP contribution is 2.28. The van der Waals surface area contributed by atoms with Gasteiger partial charge in [-0.3, -0.25) is 14.0 Å². The van der Waals surface area contributed by atoms with Crippen molar-refractivity contribution in [2.75, 3.05) is 41.4 Å². The average Bonchev–Trinajstić information content (AvgIpc) is 2.91. The van der Waals surface area contributed by atoms with E-state index >= 15 is 0 Å². The number of carbonyl (C=O) groups is 2. The summed E-state index contributed by atoms with van der Waals surface area (Å²) < 4.78 is 43.2. The number of halogens is 1. The first-order valence-corrected chi connectivity index (χ1v) is 9.70. The van der Waals surface area contributed by atoms with Crippen LogP contribution in [-0.4, -0.2) is 58.7 Å². The lowest BCUT2D eigenvalue weighted by Crippen LogP contribution is -2.35. The fraction of sp³-hybridized carbons (Fsp3) is 0.429. The minimum Gasteiger partial charge on any atom is -0.442 e. The van der Waals surface area contributed by atoms with Gasteiger partial charge in [0, 0.05) is 7.05 Å². The number of thiol groups is 1. The Balaban J connectivity index is 2.13.